The average Bonchev–Trinajstić information content (AvgIpc) is 3.31. The number of carbonyl (C=O) groups excluding carboxylic acids is 2. The van der Waals surface area contributed by atoms with Gasteiger partial charge in [-0.2, -0.15) is 0 Å². The molecule has 13 heteroatoms. The number of aromatic nitrogens is 2. The van der Waals surface area contributed by atoms with E-state index in [9.17, 15) is 18.0 Å². The highest BCUT2D eigenvalue weighted by Gasteiger charge is 2.25. The lowest BCUT2D eigenvalue weighted by molar-refractivity contribution is -0.145. The summed E-state index contributed by atoms with van der Waals surface area (Å²) in [6, 6.07) is 3.80. The first-order chi connectivity index (χ1) is 14.7. The van der Waals surface area contributed by atoms with Crippen molar-refractivity contribution >= 4 is 49.4 Å². The normalized spacial score (nSPS) is 11.2. The number of nitrogens with zero attached hydrogens (tertiary/aromatic N) is 2. The minimum absolute atomic E-state index is 0.126. The van der Waals surface area contributed by atoms with E-state index in [0.29, 0.717) is 21.7 Å². The van der Waals surface area contributed by atoms with Crippen molar-refractivity contribution < 1.29 is 32.2 Å². The predicted octanol–water partition coefficient (Wildman–Crippen LogP) is 2.10. The summed E-state index contributed by atoms with van der Waals surface area (Å²) >= 11 is 1.04. The first-order valence-electron chi connectivity index (χ1n) is 8.95. The molecule has 166 valence electrons. The fourth-order valence-corrected chi connectivity index (χ4v) is 4.56. The van der Waals surface area contributed by atoms with Crippen LogP contribution in [0.2, 0.25) is 0 Å². The summed E-state index contributed by atoms with van der Waals surface area (Å²) in [5.74, 6) is -0.243. The number of hydrogen-bond acceptors (Lipinski definition) is 9. The van der Waals surface area contributed by atoms with Gasteiger partial charge < -0.3 is 18.8 Å². The second-order valence-electron chi connectivity index (χ2n) is 6.10. The molecule has 0 radical (unpaired) electrons. The van der Waals surface area contributed by atoms with E-state index in [2.05, 4.69) is 10.3 Å². The van der Waals surface area contributed by atoms with Crippen LogP contribution < -0.4 is 19.5 Å². The lowest BCUT2D eigenvalue weighted by Gasteiger charge is -2.09. The molecule has 0 aliphatic rings. The number of esters is 1. The van der Waals surface area contributed by atoms with Gasteiger partial charge in [0.25, 0.3) is 10.0 Å². The Morgan fingerprint density at radius 1 is 1.29 bits per heavy atom. The molecule has 3 rings (SSSR count). The molecule has 2 N–H and O–H groups in total. The number of nitrogens with one attached hydrogen (secondary N) is 2. The monoisotopic (exact) mass is 468 g/mol. The molecule has 0 aliphatic heterocycles. The summed E-state index contributed by atoms with van der Waals surface area (Å²) in [5.41, 5.74) is 0.442. The number of amides is 2. The molecule has 0 atom stereocenters. The van der Waals surface area contributed by atoms with Crippen LogP contribution in [0.25, 0.3) is 10.9 Å². The van der Waals surface area contributed by atoms with Gasteiger partial charge in [0.15, 0.2) is 16.8 Å². The molecule has 0 saturated carbocycles. The van der Waals surface area contributed by atoms with Gasteiger partial charge in [-0.1, -0.05) is 23.5 Å². The molecule has 2 amide bonds. The highest BCUT2D eigenvalue weighted by Crippen LogP contribution is 2.32. The van der Waals surface area contributed by atoms with Gasteiger partial charge in [0.2, 0.25) is 0 Å². The maximum absolute atomic E-state index is 12.8. The van der Waals surface area contributed by atoms with Gasteiger partial charge in [-0.05, 0) is 13.0 Å². The van der Waals surface area contributed by atoms with Crippen LogP contribution in [0, 0.1) is 0 Å². The van der Waals surface area contributed by atoms with Crippen molar-refractivity contribution in [1.29, 1.82) is 0 Å². The molecule has 0 bridgehead atoms. The Labute approximate surface area is 182 Å². The molecule has 0 saturated heterocycles. The quantitative estimate of drug-likeness (QED) is 0.480. The van der Waals surface area contributed by atoms with Gasteiger partial charge in [0.1, 0.15) is 10.6 Å². The van der Waals surface area contributed by atoms with Gasteiger partial charge >= 0.3 is 12.0 Å². The van der Waals surface area contributed by atoms with E-state index in [1.54, 1.807) is 32.2 Å². The highest BCUT2D eigenvalue weighted by molar-refractivity contribution is 7.90. The number of methoxy groups -OCH3 is 1. The van der Waals surface area contributed by atoms with Crippen molar-refractivity contribution in [3.8, 4) is 10.8 Å². The number of rotatable bonds is 8. The third-order valence-electron chi connectivity index (χ3n) is 4.00. The highest BCUT2D eigenvalue weighted by atomic mass is 32.2. The third kappa shape index (κ3) is 5.06. The van der Waals surface area contributed by atoms with E-state index >= 15 is 0 Å². The number of hydrogen-bond donors (Lipinski definition) is 2. The van der Waals surface area contributed by atoms with Gasteiger partial charge in [0, 0.05) is 18.6 Å². The van der Waals surface area contributed by atoms with Crippen molar-refractivity contribution in [2.24, 2.45) is 7.05 Å². The molecule has 11 nitrogen and oxygen atoms in total. The van der Waals surface area contributed by atoms with E-state index < -0.39 is 22.0 Å². The lowest BCUT2D eigenvalue weighted by Crippen LogP contribution is -2.34. The molecular formula is C18H20N4O7S2. The van der Waals surface area contributed by atoms with Gasteiger partial charge in [-0.25, -0.2) is 27.7 Å². The van der Waals surface area contributed by atoms with Crippen LogP contribution in [0.5, 0.6) is 10.8 Å². The topological polar surface area (TPSA) is 138 Å². The average molecular weight is 469 g/mol. The molecule has 0 fully saturated rings. The first-order valence-corrected chi connectivity index (χ1v) is 11.2. The summed E-state index contributed by atoms with van der Waals surface area (Å²) < 4.78 is 44.5. The molecule has 0 unspecified atom stereocenters. The van der Waals surface area contributed by atoms with Crippen LogP contribution in [-0.4, -0.2) is 50.3 Å². The largest absolute Gasteiger partial charge is 0.486 e. The molecule has 0 spiro atoms. The number of aryl methyl sites for hydroxylation is 1. The number of fused-ring (bicyclic) bond motifs is 1. The van der Waals surface area contributed by atoms with Crippen LogP contribution in [0.15, 0.2) is 35.5 Å². The maximum Gasteiger partial charge on any atom is 0.344 e. The number of benzene rings is 1. The smallest absolute Gasteiger partial charge is 0.344 e. The summed E-state index contributed by atoms with van der Waals surface area (Å²) in [5, 5.41) is 3.31. The second kappa shape index (κ2) is 9.22. The minimum atomic E-state index is -4.23. The summed E-state index contributed by atoms with van der Waals surface area (Å²) in [6.45, 7) is 1.58. The molecule has 2 heterocycles. The maximum atomic E-state index is 12.8. The summed E-state index contributed by atoms with van der Waals surface area (Å²) in [4.78, 5) is 27.6. The zero-order chi connectivity index (χ0) is 22.6. The predicted molar refractivity (Wildman–Crippen MR) is 113 cm³/mol. The standard InChI is InChI=1S/C18H20N4O7S2/c1-4-28-14(23)10-29-12-7-5-6-11-13(9-22(2)16(11)12)31(25,26)21-17(24)20-18-19-8-15(27-3)30-18/h5-9H,4,10H2,1-3H3,(H2,19,20,21,24). The van der Waals surface area contributed by atoms with Crippen LogP contribution >= 0.6 is 11.3 Å². The third-order valence-corrected chi connectivity index (χ3v) is 6.23. The van der Waals surface area contributed by atoms with E-state index in [-0.39, 0.29) is 23.2 Å². The zero-order valence-corrected chi connectivity index (χ0v) is 18.5. The number of para-hydroxylation sites is 1. The Morgan fingerprint density at radius 3 is 2.74 bits per heavy atom. The Hall–Kier alpha value is -3.32. The Kier molecular flexibility index (Phi) is 6.65. The molecular weight excluding hydrogens is 448 g/mol. The van der Waals surface area contributed by atoms with Gasteiger partial charge in [0.05, 0.1) is 25.4 Å². The lowest BCUT2D eigenvalue weighted by atomic mass is 10.2. The Bertz CT molecular complexity index is 1220. The number of anilines is 1. The van der Waals surface area contributed by atoms with Crippen LogP contribution in [0.3, 0.4) is 0 Å². The summed E-state index contributed by atoms with van der Waals surface area (Å²) in [7, 11) is -1.15. The molecule has 3 aromatic rings. The minimum Gasteiger partial charge on any atom is -0.486 e. The van der Waals surface area contributed by atoms with Crippen LogP contribution in [0.1, 0.15) is 6.92 Å². The molecule has 0 aliphatic carbocycles. The van der Waals surface area contributed by atoms with Crippen molar-refractivity contribution in [2.45, 2.75) is 11.8 Å². The van der Waals surface area contributed by atoms with Crippen LogP contribution in [0.4, 0.5) is 9.93 Å². The second-order valence-corrected chi connectivity index (χ2v) is 8.74. The van der Waals surface area contributed by atoms with E-state index in [1.807, 2.05) is 4.72 Å². The van der Waals surface area contributed by atoms with Crippen molar-refractivity contribution in [3.63, 3.8) is 0 Å². The van der Waals surface area contributed by atoms with Gasteiger partial charge in [-0.15, -0.1) is 0 Å². The number of carbonyl (C=O) groups is 2. The zero-order valence-electron chi connectivity index (χ0n) is 16.9. The number of thiazole rings is 1. The van der Waals surface area contributed by atoms with Crippen molar-refractivity contribution in [2.75, 3.05) is 25.6 Å². The Morgan fingerprint density at radius 2 is 2.06 bits per heavy atom. The summed E-state index contributed by atoms with van der Waals surface area (Å²) in [6.07, 6.45) is 2.75. The molecule has 1 aromatic carbocycles. The fraction of sp³-hybridized carbons (Fsp3) is 0.278. The van der Waals surface area contributed by atoms with E-state index in [4.69, 9.17) is 14.2 Å². The Balaban J connectivity index is 1.83. The fourth-order valence-electron chi connectivity index (χ4n) is 2.78. The first kappa shape index (κ1) is 22.4. The van der Waals surface area contributed by atoms with Crippen molar-refractivity contribution in [3.05, 3.63) is 30.6 Å². The number of sulfonamides is 1. The van der Waals surface area contributed by atoms with Gasteiger partial charge in [-0.3, -0.25) is 5.32 Å². The van der Waals surface area contributed by atoms with Crippen molar-refractivity contribution in [1.82, 2.24) is 14.3 Å². The number of ether oxygens (including phenoxy) is 3. The van der Waals surface area contributed by atoms with E-state index in [0.717, 1.165) is 11.3 Å². The number of urea groups is 1. The SMILES string of the molecule is CCOC(=O)COc1cccc2c(S(=O)(=O)NC(=O)Nc3ncc(OC)s3)cn(C)c12. The van der Waals surface area contributed by atoms with E-state index in [1.165, 1.54) is 24.1 Å². The van der Waals surface area contributed by atoms with Crippen LogP contribution in [-0.2, 0) is 26.6 Å². The molecule has 31 heavy (non-hydrogen) atoms. The molecule has 2 aromatic heterocycles.